The maximum absolute atomic E-state index is 10.9. The number of carbonyl (C=O) groups is 1. The van der Waals surface area contributed by atoms with Crippen LogP contribution in [-0.2, 0) is 0 Å². The molecule has 0 bridgehead atoms. The molecule has 0 radical (unpaired) electrons. The van der Waals surface area contributed by atoms with Crippen molar-refractivity contribution in [3.63, 3.8) is 0 Å². The van der Waals surface area contributed by atoms with Crippen molar-refractivity contribution >= 4 is 28.4 Å². The summed E-state index contributed by atoms with van der Waals surface area (Å²) in [6.07, 6.45) is 3.41. The van der Waals surface area contributed by atoms with Gasteiger partial charge >= 0.3 is 0 Å². The first kappa shape index (κ1) is 15.7. The Hall–Kier alpha value is -3.80. The number of benzene rings is 2. The molecule has 0 spiro atoms. The van der Waals surface area contributed by atoms with Crippen LogP contribution in [0.3, 0.4) is 0 Å². The van der Waals surface area contributed by atoms with Crippen molar-refractivity contribution in [1.82, 2.24) is 15.0 Å². The highest BCUT2D eigenvalue weighted by Crippen LogP contribution is 2.27. The van der Waals surface area contributed by atoms with Gasteiger partial charge in [-0.15, -0.1) is 0 Å². The third kappa shape index (κ3) is 3.08. The summed E-state index contributed by atoms with van der Waals surface area (Å²) in [6.45, 7) is 0. The van der Waals surface area contributed by atoms with E-state index >= 15 is 0 Å². The number of pyridine rings is 1. The molecule has 0 atom stereocenters. The number of nitrogens with zero attached hydrogens (tertiary/aromatic N) is 3. The quantitative estimate of drug-likeness (QED) is 0.614. The number of aromatic carboxylic acids is 1. The molecular weight excluding hydrogens is 328 g/mol. The number of rotatable bonds is 4. The Morgan fingerprint density at radius 3 is 2.46 bits per heavy atom. The van der Waals surface area contributed by atoms with E-state index in [-0.39, 0.29) is 5.56 Å². The second-order valence-electron chi connectivity index (χ2n) is 5.64. The van der Waals surface area contributed by atoms with Crippen LogP contribution in [0.5, 0.6) is 0 Å². The smallest absolute Gasteiger partial charge is 0.163 e. The lowest BCUT2D eigenvalue weighted by Crippen LogP contribution is -2.21. The molecule has 2 heterocycles. The molecule has 0 amide bonds. The third-order valence-corrected chi connectivity index (χ3v) is 3.91. The molecule has 0 aliphatic heterocycles. The Balaban J connectivity index is 1.79. The van der Waals surface area contributed by atoms with Crippen LogP contribution in [0.4, 0.5) is 11.5 Å². The molecule has 2 aromatic heterocycles. The summed E-state index contributed by atoms with van der Waals surface area (Å²) < 4.78 is 0. The van der Waals surface area contributed by atoms with E-state index in [9.17, 15) is 9.90 Å². The van der Waals surface area contributed by atoms with E-state index in [0.717, 1.165) is 22.2 Å². The van der Waals surface area contributed by atoms with Gasteiger partial charge in [0.1, 0.15) is 5.82 Å². The standard InChI is InChI=1S/C20H14N4O2/c25-20(26)13-7-9-15(10-8-13)22-19-16-5-1-2-6-17(16)23-18(24-19)14-4-3-11-21-12-14/h1-12H,(H,25,26)(H,22,23,24)/p-1. The molecule has 2 aromatic carbocycles. The molecule has 0 saturated heterocycles. The number of nitrogens with one attached hydrogen (secondary N) is 1. The molecule has 0 saturated carbocycles. The zero-order valence-electron chi connectivity index (χ0n) is 13.6. The Bertz CT molecular complexity index is 1080. The van der Waals surface area contributed by atoms with Gasteiger partial charge in [0.2, 0.25) is 0 Å². The number of hydrogen-bond donors (Lipinski definition) is 1. The number of aromatic nitrogens is 3. The Labute approximate surface area is 149 Å². The highest BCUT2D eigenvalue weighted by Gasteiger charge is 2.09. The minimum atomic E-state index is -1.21. The van der Waals surface area contributed by atoms with Crippen LogP contribution in [0.2, 0.25) is 0 Å². The van der Waals surface area contributed by atoms with Crippen LogP contribution < -0.4 is 10.4 Å². The van der Waals surface area contributed by atoms with Crippen molar-refractivity contribution < 1.29 is 9.90 Å². The lowest BCUT2D eigenvalue weighted by Gasteiger charge is -2.11. The van der Waals surface area contributed by atoms with Crippen LogP contribution in [0, 0.1) is 0 Å². The number of fused-ring (bicyclic) bond motifs is 1. The van der Waals surface area contributed by atoms with Gasteiger partial charge in [-0.3, -0.25) is 4.98 Å². The fourth-order valence-corrected chi connectivity index (χ4v) is 2.62. The van der Waals surface area contributed by atoms with Gasteiger partial charge in [-0.2, -0.15) is 0 Å². The second kappa shape index (κ2) is 6.60. The lowest BCUT2D eigenvalue weighted by molar-refractivity contribution is -0.255. The number of carboxylic acids is 1. The maximum atomic E-state index is 10.9. The lowest BCUT2D eigenvalue weighted by atomic mass is 10.2. The Morgan fingerprint density at radius 2 is 1.73 bits per heavy atom. The summed E-state index contributed by atoms with van der Waals surface area (Å²) in [7, 11) is 0. The van der Waals surface area contributed by atoms with Crippen molar-refractivity contribution in [3.8, 4) is 11.4 Å². The molecule has 6 heteroatoms. The van der Waals surface area contributed by atoms with Gasteiger partial charge in [0.05, 0.1) is 11.5 Å². The summed E-state index contributed by atoms with van der Waals surface area (Å²) >= 11 is 0. The average Bonchev–Trinajstić information content (AvgIpc) is 2.69. The highest BCUT2D eigenvalue weighted by molar-refractivity contribution is 5.92. The molecule has 0 aliphatic rings. The number of para-hydroxylation sites is 1. The summed E-state index contributed by atoms with van der Waals surface area (Å²) in [5.74, 6) is -0.00999. The number of hydrogen-bond acceptors (Lipinski definition) is 6. The fourth-order valence-electron chi connectivity index (χ4n) is 2.62. The Morgan fingerprint density at radius 1 is 0.923 bits per heavy atom. The minimum Gasteiger partial charge on any atom is -0.545 e. The van der Waals surface area contributed by atoms with Crippen LogP contribution in [0.1, 0.15) is 10.4 Å². The predicted octanol–water partition coefficient (Wildman–Crippen LogP) is 2.80. The number of anilines is 2. The summed E-state index contributed by atoms with van der Waals surface area (Å²) in [4.78, 5) is 24.2. The van der Waals surface area contributed by atoms with Gasteiger partial charge in [-0.1, -0.05) is 24.3 Å². The van der Waals surface area contributed by atoms with Gasteiger partial charge in [0.15, 0.2) is 5.82 Å². The first-order valence-electron chi connectivity index (χ1n) is 7.96. The first-order chi connectivity index (χ1) is 12.7. The fraction of sp³-hybridized carbons (Fsp3) is 0. The van der Waals surface area contributed by atoms with Crippen molar-refractivity contribution in [3.05, 3.63) is 78.6 Å². The van der Waals surface area contributed by atoms with Gasteiger partial charge in [-0.25, -0.2) is 9.97 Å². The van der Waals surface area contributed by atoms with Crippen LogP contribution in [0.25, 0.3) is 22.3 Å². The number of carboxylic acid groups (broad SMARTS) is 1. The molecule has 126 valence electrons. The van der Waals surface area contributed by atoms with Crippen molar-refractivity contribution in [2.45, 2.75) is 0 Å². The van der Waals surface area contributed by atoms with E-state index < -0.39 is 5.97 Å². The van der Waals surface area contributed by atoms with Crippen LogP contribution >= 0.6 is 0 Å². The van der Waals surface area contributed by atoms with Gasteiger partial charge in [-0.05, 0) is 42.0 Å². The molecule has 0 aliphatic carbocycles. The zero-order valence-corrected chi connectivity index (χ0v) is 13.6. The third-order valence-electron chi connectivity index (χ3n) is 3.91. The van der Waals surface area contributed by atoms with Crippen molar-refractivity contribution in [1.29, 1.82) is 0 Å². The van der Waals surface area contributed by atoms with Crippen molar-refractivity contribution in [2.24, 2.45) is 0 Å². The molecule has 4 aromatic rings. The number of carbonyl (C=O) groups excluding carboxylic acids is 1. The van der Waals surface area contributed by atoms with Gasteiger partial charge in [0, 0.05) is 29.0 Å². The molecular formula is C20H13N4O2-. The van der Waals surface area contributed by atoms with E-state index in [2.05, 4.69) is 20.3 Å². The van der Waals surface area contributed by atoms with Gasteiger partial charge in [0.25, 0.3) is 0 Å². The summed E-state index contributed by atoms with van der Waals surface area (Å²) in [5.41, 5.74) is 2.46. The minimum absolute atomic E-state index is 0.124. The molecule has 4 rings (SSSR count). The molecule has 0 fully saturated rings. The SMILES string of the molecule is O=C([O-])c1ccc(Nc2nc(-c3cccnc3)nc3ccccc23)cc1. The molecule has 1 N–H and O–H groups in total. The summed E-state index contributed by atoms with van der Waals surface area (Å²) in [6, 6.07) is 17.7. The van der Waals surface area contributed by atoms with Crippen LogP contribution in [-0.4, -0.2) is 20.9 Å². The van der Waals surface area contributed by atoms with E-state index in [1.807, 2.05) is 36.4 Å². The average molecular weight is 341 g/mol. The highest BCUT2D eigenvalue weighted by atomic mass is 16.4. The van der Waals surface area contributed by atoms with E-state index in [0.29, 0.717) is 11.6 Å². The first-order valence-corrected chi connectivity index (χ1v) is 7.96. The van der Waals surface area contributed by atoms with E-state index in [1.165, 1.54) is 12.1 Å². The topological polar surface area (TPSA) is 90.8 Å². The Kier molecular flexibility index (Phi) is 3.99. The zero-order chi connectivity index (χ0) is 17.9. The second-order valence-corrected chi connectivity index (χ2v) is 5.64. The van der Waals surface area contributed by atoms with Gasteiger partial charge < -0.3 is 15.2 Å². The van der Waals surface area contributed by atoms with E-state index in [1.54, 1.807) is 24.5 Å². The maximum Gasteiger partial charge on any atom is 0.163 e. The van der Waals surface area contributed by atoms with E-state index in [4.69, 9.17) is 0 Å². The normalized spacial score (nSPS) is 10.6. The molecule has 26 heavy (non-hydrogen) atoms. The summed E-state index contributed by atoms with van der Waals surface area (Å²) in [5, 5.41) is 15.0. The largest absolute Gasteiger partial charge is 0.545 e. The van der Waals surface area contributed by atoms with Crippen molar-refractivity contribution in [2.75, 3.05) is 5.32 Å². The molecule has 0 unspecified atom stereocenters. The molecule has 6 nitrogen and oxygen atoms in total. The predicted molar refractivity (Wildman–Crippen MR) is 96.8 cm³/mol. The monoisotopic (exact) mass is 341 g/mol. The van der Waals surface area contributed by atoms with Crippen LogP contribution in [0.15, 0.2) is 73.1 Å².